The van der Waals surface area contributed by atoms with Crippen molar-refractivity contribution in [3.63, 3.8) is 0 Å². The minimum absolute atomic E-state index is 0.0213. The van der Waals surface area contributed by atoms with E-state index in [4.69, 9.17) is 9.47 Å². The van der Waals surface area contributed by atoms with Gasteiger partial charge in [-0.1, -0.05) is 6.07 Å². The van der Waals surface area contributed by atoms with E-state index >= 15 is 0 Å². The molecule has 0 bridgehead atoms. The predicted octanol–water partition coefficient (Wildman–Crippen LogP) is 1.78. The monoisotopic (exact) mass is 326 g/mol. The summed E-state index contributed by atoms with van der Waals surface area (Å²) in [6.45, 7) is 1.61. The molecule has 0 aliphatic carbocycles. The molecule has 23 heavy (non-hydrogen) atoms. The molecule has 2 N–H and O–H groups in total. The lowest BCUT2D eigenvalue weighted by Crippen LogP contribution is -2.46. The third-order valence-electron chi connectivity index (χ3n) is 3.30. The second-order valence-corrected chi connectivity index (χ2v) is 4.83. The van der Waals surface area contributed by atoms with E-state index in [2.05, 4.69) is 10.6 Å². The molecular weight excluding hydrogens is 310 g/mol. The van der Waals surface area contributed by atoms with Crippen LogP contribution < -0.4 is 10.6 Å². The normalized spacial score (nSPS) is 17.6. The molecule has 2 amide bonds. The Labute approximate surface area is 131 Å². The first-order chi connectivity index (χ1) is 11.0. The van der Waals surface area contributed by atoms with Crippen LogP contribution in [0.15, 0.2) is 29.5 Å². The van der Waals surface area contributed by atoms with Crippen molar-refractivity contribution in [2.75, 3.05) is 20.3 Å². The van der Waals surface area contributed by atoms with E-state index in [0.29, 0.717) is 0 Å². The Balaban J connectivity index is 2.40. The Morgan fingerprint density at radius 3 is 2.52 bits per heavy atom. The number of urea groups is 1. The second kappa shape index (κ2) is 7.19. The van der Waals surface area contributed by atoms with Gasteiger partial charge in [-0.2, -0.15) is 0 Å². The van der Waals surface area contributed by atoms with Crippen LogP contribution in [0.25, 0.3) is 0 Å². The highest BCUT2D eigenvalue weighted by Gasteiger charge is 2.35. The van der Waals surface area contributed by atoms with Crippen molar-refractivity contribution in [1.29, 1.82) is 0 Å². The van der Waals surface area contributed by atoms with Gasteiger partial charge in [0.05, 0.1) is 23.8 Å². The average molecular weight is 326 g/mol. The number of halogens is 2. The van der Waals surface area contributed by atoms with Crippen molar-refractivity contribution in [2.24, 2.45) is 0 Å². The number of rotatable bonds is 5. The largest absolute Gasteiger partial charge is 0.460 e. The van der Waals surface area contributed by atoms with Gasteiger partial charge in [0.2, 0.25) is 0 Å². The molecule has 0 unspecified atom stereocenters. The molecule has 124 valence electrons. The van der Waals surface area contributed by atoms with Gasteiger partial charge in [0, 0.05) is 12.8 Å². The number of carbonyl (C=O) groups is 2. The molecule has 0 saturated heterocycles. The number of benzene rings is 1. The fourth-order valence-corrected chi connectivity index (χ4v) is 2.26. The molecule has 0 saturated carbocycles. The third-order valence-corrected chi connectivity index (χ3v) is 3.30. The van der Waals surface area contributed by atoms with Crippen LogP contribution in [0.2, 0.25) is 0 Å². The summed E-state index contributed by atoms with van der Waals surface area (Å²) < 4.78 is 37.8. The lowest BCUT2D eigenvalue weighted by molar-refractivity contribution is -0.140. The van der Waals surface area contributed by atoms with Gasteiger partial charge >= 0.3 is 12.0 Å². The van der Waals surface area contributed by atoms with Gasteiger partial charge in [-0.3, -0.25) is 0 Å². The number of hydrogen-bond acceptors (Lipinski definition) is 4. The minimum Gasteiger partial charge on any atom is -0.460 e. The Bertz CT molecular complexity index is 641. The zero-order valence-corrected chi connectivity index (χ0v) is 12.6. The topological polar surface area (TPSA) is 76.7 Å². The summed E-state index contributed by atoms with van der Waals surface area (Å²) in [5, 5.41) is 4.74. The molecule has 2 rings (SSSR count). The Morgan fingerprint density at radius 1 is 1.26 bits per heavy atom. The van der Waals surface area contributed by atoms with Crippen LogP contribution >= 0.6 is 0 Å². The van der Waals surface area contributed by atoms with Gasteiger partial charge in [-0.25, -0.2) is 18.4 Å². The highest BCUT2D eigenvalue weighted by molar-refractivity contribution is 5.95. The molecule has 0 aromatic heterocycles. The third kappa shape index (κ3) is 3.65. The van der Waals surface area contributed by atoms with Crippen LogP contribution in [0.1, 0.15) is 18.5 Å². The van der Waals surface area contributed by atoms with Gasteiger partial charge in [-0.15, -0.1) is 0 Å². The zero-order chi connectivity index (χ0) is 17.0. The van der Waals surface area contributed by atoms with Gasteiger partial charge in [0.25, 0.3) is 0 Å². The SMILES string of the molecule is COCCOC(=O)C1=C(C)NC(=O)N[C@@H]1c1c(F)cccc1F. The predicted molar refractivity (Wildman–Crippen MR) is 76.3 cm³/mol. The number of ether oxygens (including phenoxy) is 2. The lowest BCUT2D eigenvalue weighted by atomic mass is 9.94. The number of esters is 1. The van der Waals surface area contributed by atoms with Crippen LogP contribution in [0.4, 0.5) is 13.6 Å². The van der Waals surface area contributed by atoms with Crippen LogP contribution in [0.5, 0.6) is 0 Å². The lowest BCUT2D eigenvalue weighted by Gasteiger charge is -2.28. The van der Waals surface area contributed by atoms with E-state index < -0.39 is 35.2 Å². The van der Waals surface area contributed by atoms with Crippen molar-refractivity contribution in [3.8, 4) is 0 Å². The van der Waals surface area contributed by atoms with Crippen LogP contribution in [0.3, 0.4) is 0 Å². The number of hydrogen-bond donors (Lipinski definition) is 2. The van der Waals surface area contributed by atoms with Crippen molar-refractivity contribution < 1.29 is 27.8 Å². The van der Waals surface area contributed by atoms with Crippen molar-refractivity contribution >= 4 is 12.0 Å². The van der Waals surface area contributed by atoms with Gasteiger partial charge < -0.3 is 20.1 Å². The molecule has 1 aliphatic rings. The summed E-state index contributed by atoms with van der Waals surface area (Å²) in [6, 6.07) is 1.36. The summed E-state index contributed by atoms with van der Waals surface area (Å²) in [5.41, 5.74) is -0.311. The average Bonchev–Trinajstić information content (AvgIpc) is 2.46. The maximum atomic E-state index is 14.0. The van der Waals surface area contributed by atoms with Crippen molar-refractivity contribution in [1.82, 2.24) is 10.6 Å². The molecule has 1 heterocycles. The summed E-state index contributed by atoms with van der Waals surface area (Å²) in [7, 11) is 1.44. The van der Waals surface area contributed by atoms with E-state index in [9.17, 15) is 18.4 Å². The van der Waals surface area contributed by atoms with Gasteiger partial charge in [-0.05, 0) is 19.1 Å². The molecule has 1 aliphatic heterocycles. The standard InChI is InChI=1S/C15H16F2N2O4/c1-8-11(14(20)23-7-6-22-2)13(19-15(21)18-8)12-9(16)4-3-5-10(12)17/h3-5,13H,6-7H2,1-2H3,(H2,18,19,21)/t13-/m0/s1. The number of carbonyl (C=O) groups excluding carboxylic acids is 2. The van der Waals surface area contributed by atoms with Crippen molar-refractivity contribution in [2.45, 2.75) is 13.0 Å². The summed E-state index contributed by atoms with van der Waals surface area (Å²) in [6.07, 6.45) is 0. The summed E-state index contributed by atoms with van der Waals surface area (Å²) in [5.74, 6) is -2.53. The molecular formula is C15H16F2N2O4. The quantitative estimate of drug-likeness (QED) is 0.639. The van der Waals surface area contributed by atoms with E-state index in [1.54, 1.807) is 0 Å². The number of nitrogens with one attached hydrogen (secondary N) is 2. The Kier molecular flexibility index (Phi) is 5.28. The smallest absolute Gasteiger partial charge is 0.338 e. The molecule has 1 aromatic rings. The first-order valence-corrected chi connectivity index (χ1v) is 6.84. The Hall–Kier alpha value is -2.48. The number of allylic oxidation sites excluding steroid dienone is 1. The molecule has 1 aromatic carbocycles. The summed E-state index contributed by atoms with van der Waals surface area (Å²) in [4.78, 5) is 23.9. The van der Waals surface area contributed by atoms with E-state index in [0.717, 1.165) is 12.1 Å². The second-order valence-electron chi connectivity index (χ2n) is 4.83. The highest BCUT2D eigenvalue weighted by Crippen LogP contribution is 2.31. The van der Waals surface area contributed by atoms with Gasteiger partial charge in [0.1, 0.15) is 18.2 Å². The number of amides is 2. The van der Waals surface area contributed by atoms with Crippen LogP contribution in [-0.4, -0.2) is 32.3 Å². The molecule has 0 radical (unpaired) electrons. The van der Waals surface area contributed by atoms with E-state index in [-0.39, 0.29) is 24.5 Å². The molecule has 1 atom stereocenters. The maximum absolute atomic E-state index is 14.0. The van der Waals surface area contributed by atoms with Crippen LogP contribution in [-0.2, 0) is 14.3 Å². The number of methoxy groups -OCH3 is 1. The minimum atomic E-state index is -1.28. The summed E-state index contributed by atoms with van der Waals surface area (Å²) >= 11 is 0. The molecule has 8 heteroatoms. The first-order valence-electron chi connectivity index (χ1n) is 6.84. The van der Waals surface area contributed by atoms with Gasteiger partial charge in [0.15, 0.2) is 0 Å². The Morgan fingerprint density at radius 2 is 1.91 bits per heavy atom. The van der Waals surface area contributed by atoms with E-state index in [1.807, 2.05) is 0 Å². The fourth-order valence-electron chi connectivity index (χ4n) is 2.26. The van der Waals surface area contributed by atoms with Crippen molar-refractivity contribution in [3.05, 3.63) is 46.7 Å². The fraction of sp³-hybridized carbons (Fsp3) is 0.333. The first kappa shape index (κ1) is 16.9. The van der Waals surface area contributed by atoms with Crippen LogP contribution in [0, 0.1) is 11.6 Å². The highest BCUT2D eigenvalue weighted by atomic mass is 19.1. The molecule has 6 nitrogen and oxygen atoms in total. The molecule has 0 fully saturated rings. The zero-order valence-electron chi connectivity index (χ0n) is 12.6. The van der Waals surface area contributed by atoms with E-state index in [1.165, 1.54) is 20.1 Å². The molecule has 0 spiro atoms. The maximum Gasteiger partial charge on any atom is 0.338 e.